The summed E-state index contributed by atoms with van der Waals surface area (Å²) in [6.45, 7) is 9.74. The maximum atomic E-state index is 13.0. The Bertz CT molecular complexity index is 1380. The number of hydrogen-bond donors (Lipinski definition) is 0. The molecule has 0 unspecified atom stereocenters. The first-order chi connectivity index (χ1) is 14.6. The predicted octanol–water partition coefficient (Wildman–Crippen LogP) is 5.51. The number of benzene rings is 2. The molecule has 0 saturated carbocycles. The molecule has 2 aromatic carbocycles. The molecule has 2 heterocycles. The summed E-state index contributed by atoms with van der Waals surface area (Å²) in [6.07, 6.45) is 0. The van der Waals surface area contributed by atoms with Crippen molar-refractivity contribution < 1.29 is 17.4 Å². The lowest BCUT2D eigenvalue weighted by atomic mass is 10.1. The minimum Gasteiger partial charge on any atom is -0.455 e. The summed E-state index contributed by atoms with van der Waals surface area (Å²) in [5.74, 6) is 1.07. The summed E-state index contributed by atoms with van der Waals surface area (Å²) in [5, 5.41) is 4.03. The van der Waals surface area contributed by atoms with Crippen LogP contribution >= 0.6 is 0 Å². The average molecular weight is 437 g/mol. The first-order valence-corrected chi connectivity index (χ1v) is 11.6. The molecule has 0 amide bonds. The molecule has 0 aliphatic heterocycles. The first-order valence-electron chi connectivity index (χ1n) is 9.95. The normalized spacial score (nSPS) is 11.8. The van der Waals surface area contributed by atoms with E-state index in [0.29, 0.717) is 22.2 Å². The number of furan rings is 1. The highest BCUT2D eigenvalue weighted by atomic mass is 32.2. The van der Waals surface area contributed by atoms with E-state index in [0.717, 1.165) is 27.8 Å². The summed E-state index contributed by atoms with van der Waals surface area (Å²) < 4.78 is 37.0. The zero-order valence-corrected chi connectivity index (χ0v) is 19.0. The molecule has 4 rings (SSSR count). The van der Waals surface area contributed by atoms with Gasteiger partial charge >= 0.3 is 0 Å². The smallest absolute Gasteiger partial charge is 0.293 e. The van der Waals surface area contributed by atoms with Crippen LogP contribution in [0.1, 0.15) is 33.6 Å². The van der Waals surface area contributed by atoms with Crippen LogP contribution in [0.15, 0.2) is 56.3 Å². The lowest BCUT2D eigenvalue weighted by Gasteiger charge is -2.10. The highest BCUT2D eigenvalue weighted by Gasteiger charge is 2.22. The van der Waals surface area contributed by atoms with Crippen LogP contribution in [0.3, 0.4) is 0 Å². The van der Waals surface area contributed by atoms with Gasteiger partial charge in [0.25, 0.3) is 5.89 Å². The van der Waals surface area contributed by atoms with Crippen LogP contribution in [0.4, 0.5) is 0 Å². The average Bonchev–Trinajstić information content (AvgIpc) is 3.36. The largest absolute Gasteiger partial charge is 0.455 e. The molecule has 0 fully saturated rings. The summed E-state index contributed by atoms with van der Waals surface area (Å²) in [7, 11) is -3.56. The van der Waals surface area contributed by atoms with Gasteiger partial charge in [-0.1, -0.05) is 23.4 Å². The SMILES string of the molecule is Cc1ccc(-c2noc(-c3ccc(CS(=O)(=O)c4cc(C)c(C)cc4C)o3)n2)cc1C. The fourth-order valence-corrected chi connectivity index (χ4v) is 5.02. The van der Waals surface area contributed by atoms with Gasteiger partial charge in [0.1, 0.15) is 11.5 Å². The predicted molar refractivity (Wildman–Crippen MR) is 118 cm³/mol. The van der Waals surface area contributed by atoms with Crippen LogP contribution < -0.4 is 0 Å². The van der Waals surface area contributed by atoms with E-state index in [4.69, 9.17) is 8.94 Å². The Hall–Kier alpha value is -3.19. The minimum atomic E-state index is -3.56. The molecule has 0 N–H and O–H groups in total. The van der Waals surface area contributed by atoms with Gasteiger partial charge in [0.2, 0.25) is 5.82 Å². The molecule has 0 aliphatic rings. The molecular weight excluding hydrogens is 412 g/mol. The van der Waals surface area contributed by atoms with E-state index in [2.05, 4.69) is 10.1 Å². The lowest BCUT2D eigenvalue weighted by Crippen LogP contribution is -2.07. The van der Waals surface area contributed by atoms with Crippen LogP contribution in [0.25, 0.3) is 23.0 Å². The van der Waals surface area contributed by atoms with Gasteiger partial charge in [0.15, 0.2) is 15.6 Å². The quantitative estimate of drug-likeness (QED) is 0.410. The van der Waals surface area contributed by atoms with E-state index in [1.807, 2.05) is 52.0 Å². The zero-order valence-electron chi connectivity index (χ0n) is 18.2. The van der Waals surface area contributed by atoms with Crippen LogP contribution in [-0.2, 0) is 15.6 Å². The Morgan fingerprint density at radius 1 is 0.806 bits per heavy atom. The van der Waals surface area contributed by atoms with Gasteiger partial charge in [-0.05, 0) is 86.7 Å². The molecule has 31 heavy (non-hydrogen) atoms. The Balaban J connectivity index is 1.58. The summed E-state index contributed by atoms with van der Waals surface area (Å²) in [4.78, 5) is 4.73. The zero-order chi connectivity index (χ0) is 22.3. The summed E-state index contributed by atoms with van der Waals surface area (Å²) >= 11 is 0. The van der Waals surface area contributed by atoms with E-state index >= 15 is 0 Å². The molecule has 7 heteroatoms. The van der Waals surface area contributed by atoms with Crippen molar-refractivity contribution in [2.45, 2.75) is 45.3 Å². The third-order valence-electron chi connectivity index (χ3n) is 5.52. The number of sulfone groups is 1. The van der Waals surface area contributed by atoms with Crippen molar-refractivity contribution in [1.82, 2.24) is 10.1 Å². The van der Waals surface area contributed by atoms with Crippen molar-refractivity contribution in [2.24, 2.45) is 0 Å². The molecule has 0 aliphatic carbocycles. The molecule has 0 radical (unpaired) electrons. The molecule has 0 spiro atoms. The molecule has 6 nitrogen and oxygen atoms in total. The molecular formula is C24H24N2O4S. The molecule has 160 valence electrons. The van der Waals surface area contributed by atoms with E-state index in [1.54, 1.807) is 25.1 Å². The Morgan fingerprint density at radius 2 is 1.52 bits per heavy atom. The fraction of sp³-hybridized carbons (Fsp3) is 0.250. The van der Waals surface area contributed by atoms with E-state index < -0.39 is 9.84 Å². The third kappa shape index (κ3) is 4.18. The maximum Gasteiger partial charge on any atom is 0.293 e. The highest BCUT2D eigenvalue weighted by molar-refractivity contribution is 7.90. The van der Waals surface area contributed by atoms with Gasteiger partial charge in [-0.25, -0.2) is 8.42 Å². The summed E-state index contributed by atoms with van der Waals surface area (Å²) in [6, 6.07) is 12.8. The second kappa shape index (κ2) is 7.81. The minimum absolute atomic E-state index is 0.208. The number of rotatable bonds is 5. The molecule has 2 aromatic heterocycles. The van der Waals surface area contributed by atoms with Crippen molar-refractivity contribution in [3.05, 3.63) is 76.0 Å². The number of nitrogens with zero attached hydrogens (tertiary/aromatic N) is 2. The maximum absolute atomic E-state index is 13.0. The van der Waals surface area contributed by atoms with Crippen LogP contribution in [0.2, 0.25) is 0 Å². The highest BCUT2D eigenvalue weighted by Crippen LogP contribution is 2.28. The Morgan fingerprint density at radius 3 is 2.26 bits per heavy atom. The van der Waals surface area contributed by atoms with Gasteiger partial charge in [0.05, 0.1) is 4.90 Å². The standard InChI is InChI=1S/C24H24N2O4S/c1-14-6-7-19(11-16(14)3)23-25-24(30-26-23)21-9-8-20(29-21)13-31(27,28)22-12-17(4)15(2)10-18(22)5/h6-12H,13H2,1-5H3. The third-order valence-corrected chi connectivity index (χ3v) is 7.30. The van der Waals surface area contributed by atoms with Gasteiger partial charge in [-0.15, -0.1) is 0 Å². The van der Waals surface area contributed by atoms with E-state index in [1.165, 1.54) is 5.56 Å². The van der Waals surface area contributed by atoms with Crippen molar-refractivity contribution in [3.63, 3.8) is 0 Å². The fourth-order valence-electron chi connectivity index (χ4n) is 3.43. The van der Waals surface area contributed by atoms with Crippen LogP contribution in [0.5, 0.6) is 0 Å². The van der Waals surface area contributed by atoms with Gasteiger partial charge in [-0.3, -0.25) is 0 Å². The first kappa shape index (κ1) is 21.1. The molecule has 0 atom stereocenters. The van der Waals surface area contributed by atoms with Crippen LogP contribution in [-0.4, -0.2) is 18.6 Å². The van der Waals surface area contributed by atoms with E-state index in [-0.39, 0.29) is 11.6 Å². The Kier molecular flexibility index (Phi) is 5.31. The summed E-state index contributed by atoms with van der Waals surface area (Å²) in [5.41, 5.74) is 5.89. The van der Waals surface area contributed by atoms with Crippen molar-refractivity contribution >= 4 is 9.84 Å². The lowest BCUT2D eigenvalue weighted by molar-refractivity contribution is 0.413. The molecule has 4 aromatic rings. The molecule has 0 saturated heterocycles. The topological polar surface area (TPSA) is 86.2 Å². The van der Waals surface area contributed by atoms with Gasteiger partial charge in [0, 0.05) is 5.56 Å². The number of aryl methyl sites for hydroxylation is 5. The second-order valence-electron chi connectivity index (χ2n) is 7.95. The number of hydrogen-bond acceptors (Lipinski definition) is 6. The second-order valence-corrected chi connectivity index (χ2v) is 9.91. The van der Waals surface area contributed by atoms with Gasteiger partial charge < -0.3 is 8.94 Å². The van der Waals surface area contributed by atoms with E-state index in [9.17, 15) is 8.42 Å². The van der Waals surface area contributed by atoms with Gasteiger partial charge in [-0.2, -0.15) is 4.98 Å². The van der Waals surface area contributed by atoms with Crippen molar-refractivity contribution in [3.8, 4) is 23.0 Å². The molecule has 0 bridgehead atoms. The van der Waals surface area contributed by atoms with Crippen LogP contribution in [0, 0.1) is 34.6 Å². The van der Waals surface area contributed by atoms with Crippen molar-refractivity contribution in [2.75, 3.05) is 0 Å². The van der Waals surface area contributed by atoms with Crippen molar-refractivity contribution in [1.29, 1.82) is 0 Å². The number of aromatic nitrogens is 2. The Labute approximate surface area is 181 Å². The monoisotopic (exact) mass is 436 g/mol.